The van der Waals surface area contributed by atoms with Crippen molar-refractivity contribution in [2.75, 3.05) is 16.8 Å². The topological polar surface area (TPSA) is 78.7 Å². The molecule has 7 nitrogen and oxygen atoms in total. The van der Waals surface area contributed by atoms with Gasteiger partial charge in [0.15, 0.2) is 17.5 Å². The first kappa shape index (κ1) is 18.3. The van der Waals surface area contributed by atoms with Crippen LogP contribution < -0.4 is 10.2 Å². The van der Waals surface area contributed by atoms with Crippen molar-refractivity contribution in [3.8, 4) is 0 Å². The highest BCUT2D eigenvalue weighted by Gasteiger charge is 2.36. The molecule has 1 aromatic carbocycles. The third-order valence-corrected chi connectivity index (χ3v) is 5.01. The molecule has 0 aliphatic carbocycles. The highest BCUT2D eigenvalue weighted by Crippen LogP contribution is 2.33. The van der Waals surface area contributed by atoms with Gasteiger partial charge in [-0.2, -0.15) is 0 Å². The van der Waals surface area contributed by atoms with Gasteiger partial charge in [0, 0.05) is 43.2 Å². The van der Waals surface area contributed by atoms with Gasteiger partial charge < -0.3 is 14.7 Å². The van der Waals surface area contributed by atoms with Gasteiger partial charge >= 0.3 is 6.03 Å². The Hall–Kier alpha value is -3.04. The normalized spacial score (nSPS) is 19.1. The van der Waals surface area contributed by atoms with E-state index >= 15 is 0 Å². The fourth-order valence-corrected chi connectivity index (χ4v) is 3.54. The van der Waals surface area contributed by atoms with E-state index in [4.69, 9.17) is 4.52 Å². The summed E-state index contributed by atoms with van der Waals surface area (Å²) in [7, 11) is 0. The molecule has 3 heterocycles. The Kier molecular flexibility index (Phi) is 4.48. The van der Waals surface area contributed by atoms with Crippen LogP contribution in [0.25, 0.3) is 0 Å². The molecule has 28 heavy (non-hydrogen) atoms. The Morgan fingerprint density at radius 1 is 1.29 bits per heavy atom. The summed E-state index contributed by atoms with van der Waals surface area (Å²) in [5.41, 5.74) is 1.12. The Morgan fingerprint density at radius 2 is 2.00 bits per heavy atom. The number of nitrogens with one attached hydrogen (secondary N) is 1. The van der Waals surface area contributed by atoms with Gasteiger partial charge in [-0.1, -0.05) is 5.16 Å². The number of hydrogen-bond donors (Lipinski definition) is 1. The van der Waals surface area contributed by atoms with E-state index in [2.05, 4.69) is 10.5 Å². The average Bonchev–Trinajstić information content (AvgIpc) is 3.24. The van der Waals surface area contributed by atoms with Crippen LogP contribution in [0.15, 0.2) is 16.7 Å². The lowest BCUT2D eigenvalue weighted by Crippen LogP contribution is -2.45. The van der Waals surface area contributed by atoms with Crippen LogP contribution in [0.2, 0.25) is 0 Å². The van der Waals surface area contributed by atoms with Crippen LogP contribution in [0.5, 0.6) is 0 Å². The summed E-state index contributed by atoms with van der Waals surface area (Å²) >= 11 is 0. The number of nitrogens with zero attached hydrogens (tertiary/aromatic N) is 3. The van der Waals surface area contributed by atoms with E-state index in [0.717, 1.165) is 6.42 Å². The lowest BCUT2D eigenvalue weighted by atomic mass is 10.0. The molecule has 0 bridgehead atoms. The van der Waals surface area contributed by atoms with E-state index in [0.29, 0.717) is 48.7 Å². The van der Waals surface area contributed by atoms with Crippen molar-refractivity contribution in [2.24, 2.45) is 0 Å². The largest absolute Gasteiger partial charge is 0.338 e. The Bertz CT molecular complexity index is 939. The third kappa shape index (κ3) is 3.08. The zero-order chi connectivity index (χ0) is 20.0. The number of carbonyl (C=O) groups excluding carboxylic acids is 2. The molecule has 148 valence electrons. The molecule has 4 rings (SSSR count). The third-order valence-electron chi connectivity index (χ3n) is 5.01. The van der Waals surface area contributed by atoms with Crippen LogP contribution in [0.1, 0.15) is 31.0 Å². The monoisotopic (exact) mass is 394 g/mol. The number of hydrogen-bond acceptors (Lipinski definition) is 4. The number of amides is 3. The van der Waals surface area contributed by atoms with E-state index in [9.17, 15) is 22.8 Å². The minimum absolute atomic E-state index is 0.0640. The molecule has 1 aromatic heterocycles. The second kappa shape index (κ2) is 6.84. The maximum absolute atomic E-state index is 13.4. The number of urea groups is 1. The van der Waals surface area contributed by atoms with Crippen molar-refractivity contribution in [1.29, 1.82) is 0 Å². The second-order valence-electron chi connectivity index (χ2n) is 6.93. The first-order valence-corrected chi connectivity index (χ1v) is 8.85. The van der Waals surface area contributed by atoms with Crippen LogP contribution in [0.4, 0.5) is 29.5 Å². The van der Waals surface area contributed by atoms with Gasteiger partial charge in [-0.3, -0.25) is 9.69 Å². The molecule has 1 atom stereocenters. The standard InChI is InChI=1S/C18H17F3N4O3/c1-9-5-14-11(17(28-23-14)24-4-2-3-15(24)26)8-25(9)18(27)22-10-6-12(19)16(21)13(20)7-10/h6-7,9H,2-5,8H2,1H3,(H,22,27)/t9-/m0/s1. The van der Waals surface area contributed by atoms with E-state index in [1.807, 2.05) is 0 Å². The lowest BCUT2D eigenvalue weighted by Gasteiger charge is -2.33. The van der Waals surface area contributed by atoms with Crippen molar-refractivity contribution < 1.29 is 27.3 Å². The number of benzene rings is 1. The smallest absolute Gasteiger partial charge is 0.322 e. The van der Waals surface area contributed by atoms with Crippen LogP contribution in [-0.4, -0.2) is 34.6 Å². The minimum atomic E-state index is -1.60. The van der Waals surface area contributed by atoms with Gasteiger partial charge in [0.25, 0.3) is 0 Å². The number of anilines is 2. The summed E-state index contributed by atoms with van der Waals surface area (Å²) < 4.78 is 45.2. The van der Waals surface area contributed by atoms with Crippen molar-refractivity contribution in [2.45, 2.75) is 38.8 Å². The molecule has 3 amide bonds. The summed E-state index contributed by atoms with van der Waals surface area (Å²) in [5.74, 6) is -4.11. The molecular weight excluding hydrogens is 377 g/mol. The molecule has 2 aliphatic rings. The van der Waals surface area contributed by atoms with E-state index in [-0.39, 0.29) is 24.2 Å². The molecule has 1 fully saturated rings. The van der Waals surface area contributed by atoms with Crippen LogP contribution in [-0.2, 0) is 17.8 Å². The molecular formula is C18H17F3N4O3. The van der Waals surface area contributed by atoms with Crippen molar-refractivity contribution in [3.63, 3.8) is 0 Å². The second-order valence-corrected chi connectivity index (χ2v) is 6.93. The number of halogens is 3. The predicted molar refractivity (Wildman–Crippen MR) is 92.1 cm³/mol. The number of rotatable bonds is 2. The summed E-state index contributed by atoms with van der Waals surface area (Å²) in [6, 6.07) is 0.548. The Morgan fingerprint density at radius 3 is 2.64 bits per heavy atom. The molecule has 2 aliphatic heterocycles. The first-order chi connectivity index (χ1) is 13.3. The highest BCUT2D eigenvalue weighted by atomic mass is 19.2. The summed E-state index contributed by atoms with van der Waals surface area (Å²) in [6.45, 7) is 2.44. The van der Waals surface area contributed by atoms with Gasteiger partial charge in [-0.15, -0.1) is 0 Å². The Labute approximate surface area is 158 Å². The summed E-state index contributed by atoms with van der Waals surface area (Å²) in [6.07, 6.45) is 1.55. The zero-order valence-electron chi connectivity index (χ0n) is 15.0. The van der Waals surface area contributed by atoms with Gasteiger partial charge in [0.05, 0.1) is 17.8 Å². The predicted octanol–water partition coefficient (Wildman–Crippen LogP) is 3.20. The van der Waals surface area contributed by atoms with Crippen molar-refractivity contribution in [3.05, 3.63) is 40.8 Å². The average molecular weight is 394 g/mol. The number of fused-ring (bicyclic) bond motifs is 1. The van der Waals surface area contributed by atoms with Crippen LogP contribution in [0, 0.1) is 17.5 Å². The first-order valence-electron chi connectivity index (χ1n) is 8.85. The maximum atomic E-state index is 13.4. The molecule has 0 radical (unpaired) electrons. The number of carbonyl (C=O) groups is 2. The zero-order valence-corrected chi connectivity index (χ0v) is 15.0. The summed E-state index contributed by atoms with van der Waals surface area (Å²) in [4.78, 5) is 27.6. The Balaban J connectivity index is 1.56. The van der Waals surface area contributed by atoms with Crippen LogP contribution >= 0.6 is 0 Å². The van der Waals surface area contributed by atoms with Crippen molar-refractivity contribution >= 4 is 23.5 Å². The summed E-state index contributed by atoms with van der Waals surface area (Å²) in [5, 5.41) is 6.41. The van der Waals surface area contributed by atoms with E-state index in [1.54, 1.807) is 6.92 Å². The lowest BCUT2D eigenvalue weighted by molar-refractivity contribution is -0.117. The maximum Gasteiger partial charge on any atom is 0.322 e. The van der Waals surface area contributed by atoms with Gasteiger partial charge in [0.2, 0.25) is 11.8 Å². The molecule has 2 aromatic rings. The SMILES string of the molecule is C[C@H]1Cc2noc(N3CCCC3=O)c2CN1C(=O)Nc1cc(F)c(F)c(F)c1. The molecule has 1 saturated heterocycles. The van der Waals surface area contributed by atoms with E-state index < -0.39 is 23.5 Å². The van der Waals surface area contributed by atoms with Crippen molar-refractivity contribution in [1.82, 2.24) is 10.1 Å². The molecule has 0 saturated carbocycles. The van der Waals surface area contributed by atoms with E-state index in [1.165, 1.54) is 9.80 Å². The highest BCUT2D eigenvalue weighted by molar-refractivity contribution is 5.95. The molecule has 1 N–H and O–H groups in total. The van der Waals surface area contributed by atoms with Gasteiger partial charge in [-0.05, 0) is 13.3 Å². The minimum Gasteiger partial charge on any atom is -0.338 e. The quantitative estimate of drug-likeness (QED) is 0.794. The number of aromatic nitrogens is 1. The molecule has 0 unspecified atom stereocenters. The molecule has 10 heteroatoms. The fraction of sp³-hybridized carbons (Fsp3) is 0.389. The van der Waals surface area contributed by atoms with Gasteiger partial charge in [0.1, 0.15) is 0 Å². The van der Waals surface area contributed by atoms with Crippen LogP contribution in [0.3, 0.4) is 0 Å². The molecule has 0 spiro atoms. The fourth-order valence-electron chi connectivity index (χ4n) is 3.54. The van der Waals surface area contributed by atoms with Gasteiger partial charge in [-0.25, -0.2) is 18.0 Å².